The molecule has 0 fully saturated rings. The first kappa shape index (κ1) is 9.31. The number of rotatable bonds is 1. The van der Waals surface area contributed by atoms with Gasteiger partial charge in [-0.25, -0.2) is 4.39 Å². The highest BCUT2D eigenvalue weighted by molar-refractivity contribution is 5.60. The molecule has 3 heteroatoms. The Morgan fingerprint density at radius 1 is 1.50 bits per heavy atom. The van der Waals surface area contributed by atoms with E-state index in [4.69, 9.17) is 0 Å². The Bertz CT molecular complexity index is 357. The van der Waals surface area contributed by atoms with E-state index < -0.39 is 5.67 Å². The van der Waals surface area contributed by atoms with Crippen LogP contribution in [0.15, 0.2) is 18.2 Å². The highest BCUT2D eigenvalue weighted by atomic mass is 19.1. The Kier molecular flexibility index (Phi) is 1.91. The van der Waals surface area contributed by atoms with Crippen LogP contribution in [-0.2, 0) is 6.42 Å². The van der Waals surface area contributed by atoms with E-state index in [1.807, 2.05) is 6.07 Å². The minimum Gasteiger partial charge on any atom is -0.508 e. The number of aromatic hydroxyl groups is 1. The maximum absolute atomic E-state index is 13.6. The molecule has 0 saturated carbocycles. The monoisotopic (exact) mass is 195 g/mol. The Hall–Kier alpha value is -1.25. The number of phenolic OH excluding ortho intramolecular Hbond substituents is 1. The van der Waals surface area contributed by atoms with Crippen LogP contribution >= 0.6 is 0 Å². The number of benzene rings is 1. The summed E-state index contributed by atoms with van der Waals surface area (Å²) in [6, 6.07) is 4.91. The summed E-state index contributed by atoms with van der Waals surface area (Å²) in [6.07, 6.45) is 0.680. The van der Waals surface area contributed by atoms with Gasteiger partial charge in [0, 0.05) is 11.8 Å². The average Bonchev–Trinajstić information content (AvgIpc) is 2.45. The van der Waals surface area contributed by atoms with Gasteiger partial charge in [-0.05, 0) is 31.9 Å². The summed E-state index contributed by atoms with van der Waals surface area (Å²) in [6.45, 7) is 3.13. The first-order valence-corrected chi connectivity index (χ1v) is 4.74. The van der Waals surface area contributed by atoms with Gasteiger partial charge in [0.25, 0.3) is 0 Å². The summed E-state index contributed by atoms with van der Waals surface area (Å²) >= 11 is 0. The van der Waals surface area contributed by atoms with E-state index in [9.17, 15) is 9.50 Å². The number of fused-ring (bicyclic) bond motifs is 1. The minimum absolute atomic E-state index is 0.195. The zero-order valence-corrected chi connectivity index (χ0v) is 8.34. The molecule has 1 aromatic rings. The zero-order chi connectivity index (χ0) is 10.3. The van der Waals surface area contributed by atoms with Crippen LogP contribution in [0.5, 0.6) is 5.75 Å². The van der Waals surface area contributed by atoms with Crippen molar-refractivity contribution in [2.45, 2.75) is 32.0 Å². The standard InChI is InChI=1S/C11H14FNO/c1-11(2,12)10-5-7-3-4-8(14)6-9(7)13-10/h3-4,6,10,13-14H,5H2,1-2H3. The van der Waals surface area contributed by atoms with Gasteiger partial charge in [-0.3, -0.25) is 0 Å². The Balaban J connectivity index is 2.26. The van der Waals surface area contributed by atoms with Crippen molar-refractivity contribution in [3.05, 3.63) is 23.8 Å². The molecule has 0 radical (unpaired) electrons. The second-order valence-electron chi connectivity index (χ2n) is 4.31. The summed E-state index contributed by atoms with van der Waals surface area (Å²) < 4.78 is 13.6. The van der Waals surface area contributed by atoms with Crippen molar-refractivity contribution in [2.75, 3.05) is 5.32 Å². The first-order chi connectivity index (χ1) is 6.47. The maximum Gasteiger partial charge on any atom is 0.125 e. The predicted molar refractivity (Wildman–Crippen MR) is 54.4 cm³/mol. The largest absolute Gasteiger partial charge is 0.508 e. The quantitative estimate of drug-likeness (QED) is 0.721. The number of halogens is 1. The lowest BCUT2D eigenvalue weighted by Gasteiger charge is -2.22. The van der Waals surface area contributed by atoms with Crippen molar-refractivity contribution in [1.82, 2.24) is 0 Å². The van der Waals surface area contributed by atoms with Gasteiger partial charge in [-0.1, -0.05) is 6.07 Å². The smallest absolute Gasteiger partial charge is 0.125 e. The molecule has 0 bridgehead atoms. The first-order valence-electron chi connectivity index (χ1n) is 4.74. The van der Waals surface area contributed by atoms with Crippen LogP contribution in [0.25, 0.3) is 0 Å². The molecule has 2 nitrogen and oxygen atoms in total. The summed E-state index contributed by atoms with van der Waals surface area (Å²) in [7, 11) is 0. The topological polar surface area (TPSA) is 32.3 Å². The van der Waals surface area contributed by atoms with Crippen LogP contribution in [0.4, 0.5) is 10.1 Å². The molecular weight excluding hydrogens is 181 g/mol. The molecule has 0 amide bonds. The number of phenols is 1. The molecule has 14 heavy (non-hydrogen) atoms. The van der Waals surface area contributed by atoms with Crippen molar-refractivity contribution >= 4 is 5.69 Å². The van der Waals surface area contributed by atoms with Crippen LogP contribution < -0.4 is 5.32 Å². The number of anilines is 1. The summed E-state index contributed by atoms with van der Waals surface area (Å²) in [4.78, 5) is 0. The van der Waals surface area contributed by atoms with Crippen molar-refractivity contribution in [3.63, 3.8) is 0 Å². The third-order valence-electron chi connectivity index (χ3n) is 2.68. The van der Waals surface area contributed by atoms with E-state index in [1.54, 1.807) is 26.0 Å². The van der Waals surface area contributed by atoms with Gasteiger partial charge in [-0.15, -0.1) is 0 Å². The number of hydrogen-bond donors (Lipinski definition) is 2. The molecule has 0 aliphatic carbocycles. The lowest BCUT2D eigenvalue weighted by Crippen LogP contribution is -2.36. The Morgan fingerprint density at radius 2 is 2.21 bits per heavy atom. The van der Waals surface area contributed by atoms with Gasteiger partial charge >= 0.3 is 0 Å². The molecular formula is C11H14FNO. The summed E-state index contributed by atoms with van der Waals surface area (Å²) in [5.41, 5.74) is 0.675. The Labute approximate surface area is 82.8 Å². The van der Waals surface area contributed by atoms with E-state index in [1.165, 1.54) is 0 Å². The van der Waals surface area contributed by atoms with E-state index in [-0.39, 0.29) is 11.8 Å². The predicted octanol–water partition coefficient (Wildman–Crippen LogP) is 2.48. The van der Waals surface area contributed by atoms with Gasteiger partial charge in [0.1, 0.15) is 11.4 Å². The van der Waals surface area contributed by atoms with Crippen molar-refractivity contribution in [1.29, 1.82) is 0 Å². The van der Waals surface area contributed by atoms with Crippen molar-refractivity contribution in [3.8, 4) is 5.75 Å². The van der Waals surface area contributed by atoms with E-state index in [0.29, 0.717) is 6.42 Å². The fourth-order valence-electron chi connectivity index (χ4n) is 1.75. The van der Waals surface area contributed by atoms with E-state index >= 15 is 0 Å². The van der Waals surface area contributed by atoms with Crippen molar-refractivity contribution in [2.24, 2.45) is 0 Å². The van der Waals surface area contributed by atoms with Gasteiger partial charge < -0.3 is 10.4 Å². The van der Waals surface area contributed by atoms with Gasteiger partial charge in [0.15, 0.2) is 0 Å². The second-order valence-corrected chi connectivity index (χ2v) is 4.31. The molecule has 0 aromatic heterocycles. The molecule has 1 aliphatic heterocycles. The molecule has 1 heterocycles. The Morgan fingerprint density at radius 3 is 2.86 bits per heavy atom. The number of nitrogens with one attached hydrogen (secondary N) is 1. The highest BCUT2D eigenvalue weighted by Gasteiger charge is 2.34. The maximum atomic E-state index is 13.6. The fraction of sp³-hybridized carbons (Fsp3) is 0.455. The molecule has 1 unspecified atom stereocenters. The van der Waals surface area contributed by atoms with Gasteiger partial charge in [0.2, 0.25) is 0 Å². The van der Waals surface area contributed by atoms with Crippen LogP contribution in [-0.4, -0.2) is 16.8 Å². The molecule has 0 spiro atoms. The van der Waals surface area contributed by atoms with Crippen molar-refractivity contribution < 1.29 is 9.50 Å². The summed E-state index contributed by atoms with van der Waals surface area (Å²) in [5.74, 6) is 0.216. The SMILES string of the molecule is CC(C)(F)C1Cc2ccc(O)cc2N1. The molecule has 0 saturated heterocycles. The van der Waals surface area contributed by atoms with Crippen LogP contribution in [0.3, 0.4) is 0 Å². The minimum atomic E-state index is -1.24. The zero-order valence-electron chi connectivity index (χ0n) is 8.34. The average molecular weight is 195 g/mol. The normalized spacial score (nSPS) is 20.4. The lowest BCUT2D eigenvalue weighted by atomic mass is 9.98. The molecule has 1 atom stereocenters. The molecule has 2 N–H and O–H groups in total. The molecule has 1 aromatic carbocycles. The van der Waals surface area contributed by atoms with Gasteiger partial charge in [-0.2, -0.15) is 0 Å². The lowest BCUT2D eigenvalue weighted by molar-refractivity contribution is 0.187. The highest BCUT2D eigenvalue weighted by Crippen LogP contribution is 2.34. The fourth-order valence-corrected chi connectivity index (χ4v) is 1.75. The second kappa shape index (κ2) is 2.87. The van der Waals surface area contributed by atoms with Crippen LogP contribution in [0.2, 0.25) is 0 Å². The molecule has 1 aliphatic rings. The van der Waals surface area contributed by atoms with E-state index in [2.05, 4.69) is 5.32 Å². The van der Waals surface area contributed by atoms with E-state index in [0.717, 1.165) is 11.3 Å². The number of hydrogen-bond acceptors (Lipinski definition) is 2. The molecule has 2 rings (SSSR count). The third kappa shape index (κ3) is 1.54. The van der Waals surface area contributed by atoms with Crippen LogP contribution in [0, 0.1) is 0 Å². The van der Waals surface area contributed by atoms with Crippen LogP contribution in [0.1, 0.15) is 19.4 Å². The third-order valence-corrected chi connectivity index (χ3v) is 2.68. The summed E-state index contributed by atoms with van der Waals surface area (Å²) in [5, 5.41) is 12.3. The number of alkyl halides is 1. The van der Waals surface area contributed by atoms with Gasteiger partial charge in [0.05, 0.1) is 6.04 Å². The molecule has 76 valence electrons.